The molecule has 1 fully saturated rings. The lowest BCUT2D eigenvalue weighted by atomic mass is 10.0. The zero-order chi connectivity index (χ0) is 31.8. The van der Waals surface area contributed by atoms with Crippen LogP contribution in [-0.4, -0.2) is 91.0 Å². The van der Waals surface area contributed by atoms with Crippen molar-refractivity contribution in [3.05, 3.63) is 87.1 Å². The van der Waals surface area contributed by atoms with Crippen molar-refractivity contribution in [2.24, 2.45) is 0 Å². The van der Waals surface area contributed by atoms with E-state index in [0.29, 0.717) is 54.5 Å². The molecule has 15 heteroatoms. The molecular weight excluding hydrogens is 691 g/mol. The van der Waals surface area contributed by atoms with Crippen molar-refractivity contribution in [3.63, 3.8) is 0 Å². The standard InChI is InChI=1S/C30H29IN10O4/c1-45-27(44)23(16-19-5-7-20(17-32)8-6-19)36-30-38-28(31)37-29(39-30)35-22-4-2-3-21(15-22)18-40-11-13-41(14-12-40)26(43)24-25(42)34-10-9-33-24/h2-10,15,23H,11-14,16,18H2,1H3,(H,34,42)(H2,35,36,37,38,39). The second-order valence-corrected chi connectivity index (χ2v) is 11.1. The van der Waals surface area contributed by atoms with Gasteiger partial charge in [0.2, 0.25) is 17.8 Å². The second kappa shape index (κ2) is 14.7. The summed E-state index contributed by atoms with van der Waals surface area (Å²) in [6.07, 6.45) is 3.03. The lowest BCUT2D eigenvalue weighted by Gasteiger charge is -2.34. The van der Waals surface area contributed by atoms with Gasteiger partial charge in [-0.05, 0) is 35.4 Å². The summed E-state index contributed by atoms with van der Waals surface area (Å²) in [6, 6.07) is 16.1. The molecule has 0 bridgehead atoms. The van der Waals surface area contributed by atoms with Gasteiger partial charge in [0, 0.05) is 79.8 Å². The van der Waals surface area contributed by atoms with Crippen molar-refractivity contribution < 1.29 is 19.4 Å². The van der Waals surface area contributed by atoms with Crippen LogP contribution < -0.4 is 10.6 Å². The van der Waals surface area contributed by atoms with Crippen LogP contribution in [0, 0.1) is 15.2 Å². The van der Waals surface area contributed by atoms with Gasteiger partial charge in [-0.3, -0.25) is 9.69 Å². The van der Waals surface area contributed by atoms with Crippen LogP contribution >= 0.6 is 22.6 Å². The summed E-state index contributed by atoms with van der Waals surface area (Å²) in [4.78, 5) is 50.2. The summed E-state index contributed by atoms with van der Waals surface area (Å²) in [5.74, 6) is -0.667. The fourth-order valence-corrected chi connectivity index (χ4v) is 5.25. The third kappa shape index (κ3) is 8.37. The highest BCUT2D eigenvalue weighted by molar-refractivity contribution is 14.1. The van der Waals surface area contributed by atoms with Gasteiger partial charge < -0.3 is 25.4 Å². The highest BCUT2D eigenvalue weighted by Gasteiger charge is 2.26. The number of nitrogens with one attached hydrogen (secondary N) is 2. The molecule has 5 rings (SSSR count). The molecule has 1 amide bonds. The number of piperazine rings is 1. The smallest absolute Gasteiger partial charge is 0.328 e. The van der Waals surface area contributed by atoms with Crippen molar-refractivity contribution in [2.75, 3.05) is 43.9 Å². The monoisotopic (exact) mass is 720 g/mol. The van der Waals surface area contributed by atoms with Gasteiger partial charge in [-0.1, -0.05) is 24.3 Å². The molecule has 14 nitrogen and oxygen atoms in total. The normalized spacial score (nSPS) is 13.8. The highest BCUT2D eigenvalue weighted by atomic mass is 127. The number of anilines is 3. The van der Waals surface area contributed by atoms with Crippen LogP contribution in [0.1, 0.15) is 27.2 Å². The summed E-state index contributed by atoms with van der Waals surface area (Å²) in [7, 11) is 1.32. The first-order valence-corrected chi connectivity index (χ1v) is 15.0. The first-order chi connectivity index (χ1) is 21.8. The Labute approximate surface area is 272 Å². The number of aromatic hydroxyl groups is 1. The number of rotatable bonds is 10. The highest BCUT2D eigenvalue weighted by Crippen LogP contribution is 2.20. The number of aromatic nitrogens is 5. The van der Waals surface area contributed by atoms with Crippen LogP contribution in [0.25, 0.3) is 0 Å². The Morgan fingerprint density at radius 3 is 2.47 bits per heavy atom. The predicted molar refractivity (Wildman–Crippen MR) is 171 cm³/mol. The van der Waals surface area contributed by atoms with E-state index in [1.807, 2.05) is 46.9 Å². The average molecular weight is 721 g/mol. The maximum atomic E-state index is 12.7. The minimum absolute atomic E-state index is 0.0387. The summed E-state index contributed by atoms with van der Waals surface area (Å²) in [5.41, 5.74) is 3.16. The molecule has 0 radical (unpaired) electrons. The number of ether oxygens (including phenoxy) is 1. The first-order valence-electron chi connectivity index (χ1n) is 13.9. The van der Waals surface area contributed by atoms with Gasteiger partial charge in [-0.25, -0.2) is 14.8 Å². The van der Waals surface area contributed by atoms with Gasteiger partial charge in [-0.15, -0.1) is 0 Å². The van der Waals surface area contributed by atoms with Gasteiger partial charge >= 0.3 is 5.97 Å². The zero-order valence-electron chi connectivity index (χ0n) is 24.2. The van der Waals surface area contributed by atoms with Gasteiger partial charge in [0.25, 0.3) is 5.91 Å². The summed E-state index contributed by atoms with van der Waals surface area (Å²) in [6.45, 7) is 3.00. The van der Waals surface area contributed by atoms with Crippen molar-refractivity contribution >= 4 is 52.1 Å². The van der Waals surface area contributed by atoms with Crippen LogP contribution in [-0.2, 0) is 22.5 Å². The van der Waals surface area contributed by atoms with Crippen LogP contribution in [0.2, 0.25) is 0 Å². The second-order valence-electron chi connectivity index (χ2n) is 10.1. The molecule has 45 heavy (non-hydrogen) atoms. The third-order valence-electron chi connectivity index (χ3n) is 7.05. The number of carbonyl (C=O) groups excluding carboxylic acids is 2. The molecule has 2 aromatic heterocycles. The largest absolute Gasteiger partial charge is 0.492 e. The lowest BCUT2D eigenvalue weighted by molar-refractivity contribution is -0.141. The van der Waals surface area contributed by atoms with Crippen molar-refractivity contribution in [1.29, 1.82) is 5.26 Å². The van der Waals surface area contributed by atoms with E-state index < -0.39 is 12.0 Å². The van der Waals surface area contributed by atoms with Crippen LogP contribution in [0.5, 0.6) is 5.88 Å². The van der Waals surface area contributed by atoms with Gasteiger partial charge in [-0.2, -0.15) is 20.2 Å². The van der Waals surface area contributed by atoms with Gasteiger partial charge in [0.1, 0.15) is 6.04 Å². The number of halogens is 1. The molecule has 0 saturated carbocycles. The summed E-state index contributed by atoms with van der Waals surface area (Å²) >= 11 is 1.99. The lowest BCUT2D eigenvalue weighted by Crippen LogP contribution is -2.48. The molecule has 1 aliphatic rings. The zero-order valence-corrected chi connectivity index (χ0v) is 26.4. The number of hydrogen-bond acceptors (Lipinski definition) is 13. The Kier molecular flexibility index (Phi) is 10.3. The summed E-state index contributed by atoms with van der Waals surface area (Å²) < 4.78 is 5.42. The number of carbonyl (C=O) groups is 2. The fraction of sp³-hybridized carbons (Fsp3) is 0.267. The number of methoxy groups -OCH3 is 1. The molecule has 1 aliphatic heterocycles. The minimum Gasteiger partial charge on any atom is -0.492 e. The maximum absolute atomic E-state index is 12.7. The van der Waals surface area contributed by atoms with Crippen molar-refractivity contribution in [1.82, 2.24) is 34.7 Å². The Bertz CT molecular complexity index is 1710. The Balaban J connectivity index is 1.21. The van der Waals surface area contributed by atoms with E-state index in [1.165, 1.54) is 19.5 Å². The SMILES string of the molecule is COC(=O)C(Cc1ccc(C#N)cc1)Nc1nc(I)nc(Nc2cccc(CN3CCN(C(=O)c4nccnc4O)CC3)c2)n1. The number of nitrogens with zero attached hydrogens (tertiary/aromatic N) is 8. The minimum atomic E-state index is -0.764. The third-order valence-corrected chi connectivity index (χ3v) is 7.53. The molecule has 0 spiro atoms. The van der Waals surface area contributed by atoms with E-state index in [2.05, 4.69) is 46.5 Å². The molecular formula is C30H29IN10O4. The fourth-order valence-electron chi connectivity index (χ4n) is 4.79. The Morgan fingerprint density at radius 1 is 1.02 bits per heavy atom. The van der Waals surface area contributed by atoms with Crippen molar-refractivity contribution in [2.45, 2.75) is 19.0 Å². The molecule has 2 aromatic carbocycles. The van der Waals surface area contributed by atoms with Crippen LogP contribution in [0.15, 0.2) is 60.9 Å². The number of hydrogen-bond donors (Lipinski definition) is 3. The quantitative estimate of drug-likeness (QED) is 0.161. The molecule has 1 atom stereocenters. The Hall–Kier alpha value is -4.95. The molecule has 1 saturated heterocycles. The number of esters is 1. The summed E-state index contributed by atoms with van der Waals surface area (Å²) in [5, 5.41) is 25.2. The van der Waals surface area contributed by atoms with Gasteiger partial charge in [0.15, 0.2) is 9.53 Å². The van der Waals surface area contributed by atoms with E-state index in [4.69, 9.17) is 10.00 Å². The van der Waals surface area contributed by atoms with E-state index in [9.17, 15) is 14.7 Å². The molecule has 3 N–H and O–H groups in total. The predicted octanol–water partition coefficient (Wildman–Crippen LogP) is 2.74. The maximum Gasteiger partial charge on any atom is 0.328 e. The van der Waals surface area contributed by atoms with E-state index in [1.54, 1.807) is 29.2 Å². The van der Waals surface area contributed by atoms with Gasteiger partial charge in [0.05, 0.1) is 18.7 Å². The Morgan fingerprint density at radius 2 is 1.76 bits per heavy atom. The molecule has 0 aliphatic carbocycles. The van der Waals surface area contributed by atoms with Crippen molar-refractivity contribution in [3.8, 4) is 11.9 Å². The number of nitriles is 1. The van der Waals surface area contributed by atoms with Crippen LogP contribution in [0.3, 0.4) is 0 Å². The van der Waals surface area contributed by atoms with Crippen LogP contribution in [0.4, 0.5) is 17.6 Å². The molecule has 4 aromatic rings. The van der Waals surface area contributed by atoms with E-state index in [0.717, 1.165) is 16.8 Å². The topological polar surface area (TPSA) is 182 Å². The molecule has 1 unspecified atom stereocenters. The van der Waals surface area contributed by atoms with E-state index in [-0.39, 0.29) is 23.4 Å². The molecule has 230 valence electrons. The average Bonchev–Trinajstić information content (AvgIpc) is 3.04. The first kappa shape index (κ1) is 31.5. The molecule has 3 heterocycles. The number of benzene rings is 2. The van der Waals surface area contributed by atoms with E-state index >= 15 is 0 Å². The number of amides is 1.